The normalized spacial score (nSPS) is 28.2. The van der Waals surface area contributed by atoms with Crippen LogP contribution in [0.5, 0.6) is 0 Å². The second-order valence-electron chi connectivity index (χ2n) is 7.04. The van der Waals surface area contributed by atoms with E-state index in [9.17, 15) is 0 Å². The molecule has 1 spiro atoms. The number of piperidine rings is 1. The van der Waals surface area contributed by atoms with E-state index in [1.54, 1.807) is 0 Å². The zero-order valence-corrected chi connectivity index (χ0v) is 13.7. The Labute approximate surface area is 128 Å². The van der Waals surface area contributed by atoms with E-state index in [1.165, 1.54) is 38.8 Å². The summed E-state index contributed by atoms with van der Waals surface area (Å²) >= 11 is 0. The third-order valence-corrected chi connectivity index (χ3v) is 5.45. The topological polar surface area (TPSA) is 32.3 Å². The lowest BCUT2D eigenvalue weighted by atomic mass is 9.79. The van der Waals surface area contributed by atoms with Crippen LogP contribution in [-0.2, 0) is 0 Å². The molecule has 21 heavy (non-hydrogen) atoms. The third-order valence-electron chi connectivity index (χ3n) is 5.45. The molecule has 3 rings (SSSR count). The molecule has 1 aromatic rings. The molecule has 2 aliphatic rings. The van der Waals surface area contributed by atoms with Crippen molar-refractivity contribution in [2.75, 3.05) is 31.1 Å². The van der Waals surface area contributed by atoms with Crippen LogP contribution in [0.1, 0.15) is 45.2 Å². The highest BCUT2D eigenvalue weighted by Crippen LogP contribution is 2.40. The van der Waals surface area contributed by atoms with Crippen molar-refractivity contribution in [2.45, 2.75) is 52.5 Å². The summed E-state index contributed by atoms with van der Waals surface area (Å²) in [6.07, 6.45) is 5.25. The summed E-state index contributed by atoms with van der Waals surface area (Å²) in [5.74, 6) is 1.06. The van der Waals surface area contributed by atoms with Crippen molar-refractivity contribution in [1.82, 2.24) is 15.1 Å². The first kappa shape index (κ1) is 14.8. The highest BCUT2D eigenvalue weighted by molar-refractivity contribution is 5.38. The summed E-state index contributed by atoms with van der Waals surface area (Å²) in [4.78, 5) is 5.14. The first-order chi connectivity index (χ1) is 10.1. The summed E-state index contributed by atoms with van der Waals surface area (Å²) in [6.45, 7) is 11.5. The summed E-state index contributed by atoms with van der Waals surface area (Å²) in [6, 6.07) is 4.92. The molecular formula is C17H28N4. The molecule has 1 aromatic heterocycles. The number of anilines is 1. The molecule has 0 bridgehead atoms. The monoisotopic (exact) mass is 288 g/mol. The molecule has 0 aliphatic carbocycles. The van der Waals surface area contributed by atoms with Gasteiger partial charge >= 0.3 is 0 Å². The molecule has 2 fully saturated rings. The first-order valence-corrected chi connectivity index (χ1v) is 8.41. The number of aryl methyl sites for hydroxylation is 1. The van der Waals surface area contributed by atoms with Crippen molar-refractivity contribution in [3.63, 3.8) is 0 Å². The van der Waals surface area contributed by atoms with Crippen LogP contribution >= 0.6 is 0 Å². The van der Waals surface area contributed by atoms with Crippen LogP contribution in [0.2, 0.25) is 0 Å². The van der Waals surface area contributed by atoms with Gasteiger partial charge in [-0.25, -0.2) is 0 Å². The zero-order chi connectivity index (χ0) is 14.9. The number of nitrogens with zero attached hydrogens (tertiary/aromatic N) is 4. The first-order valence-electron chi connectivity index (χ1n) is 8.41. The van der Waals surface area contributed by atoms with Gasteiger partial charge < -0.3 is 9.80 Å². The Kier molecular flexibility index (Phi) is 4.16. The van der Waals surface area contributed by atoms with Gasteiger partial charge in [-0.1, -0.05) is 6.92 Å². The van der Waals surface area contributed by atoms with Gasteiger partial charge in [-0.05, 0) is 58.2 Å². The summed E-state index contributed by atoms with van der Waals surface area (Å²) in [5, 5.41) is 8.61. The third kappa shape index (κ3) is 3.05. The Bertz CT molecular complexity index is 472. The van der Waals surface area contributed by atoms with Crippen molar-refractivity contribution in [1.29, 1.82) is 0 Å². The van der Waals surface area contributed by atoms with Crippen LogP contribution in [0.15, 0.2) is 12.1 Å². The van der Waals surface area contributed by atoms with Gasteiger partial charge in [0.15, 0.2) is 5.82 Å². The Balaban J connectivity index is 1.70. The molecule has 0 unspecified atom stereocenters. The molecule has 3 heterocycles. The molecule has 2 atom stereocenters. The second kappa shape index (κ2) is 5.91. The molecule has 2 saturated heterocycles. The highest BCUT2D eigenvalue weighted by Gasteiger charge is 2.42. The van der Waals surface area contributed by atoms with E-state index < -0.39 is 0 Å². The zero-order valence-electron chi connectivity index (χ0n) is 13.7. The number of likely N-dealkylation sites (tertiary alicyclic amines) is 1. The number of hydrogen-bond acceptors (Lipinski definition) is 4. The van der Waals surface area contributed by atoms with Gasteiger partial charge in [0.2, 0.25) is 0 Å². The predicted molar refractivity (Wildman–Crippen MR) is 86.6 cm³/mol. The van der Waals surface area contributed by atoms with E-state index in [2.05, 4.69) is 46.0 Å². The van der Waals surface area contributed by atoms with Gasteiger partial charge in [0.05, 0.1) is 5.69 Å². The molecule has 0 aromatic carbocycles. The van der Waals surface area contributed by atoms with Gasteiger partial charge in [-0.3, -0.25) is 0 Å². The largest absolute Gasteiger partial charge is 0.355 e. The molecule has 0 amide bonds. The molecule has 2 aliphatic heterocycles. The minimum atomic E-state index is 0.480. The van der Waals surface area contributed by atoms with Crippen LogP contribution in [0.4, 0.5) is 5.82 Å². The van der Waals surface area contributed by atoms with Crippen molar-refractivity contribution < 1.29 is 0 Å². The second-order valence-corrected chi connectivity index (χ2v) is 7.04. The lowest BCUT2D eigenvalue weighted by Gasteiger charge is -2.41. The minimum absolute atomic E-state index is 0.480. The number of hydrogen-bond donors (Lipinski definition) is 0. The van der Waals surface area contributed by atoms with Gasteiger partial charge in [0, 0.05) is 31.1 Å². The van der Waals surface area contributed by atoms with Crippen LogP contribution in [0.25, 0.3) is 0 Å². The fourth-order valence-corrected chi connectivity index (χ4v) is 3.90. The molecule has 0 radical (unpaired) electrons. The summed E-state index contributed by atoms with van der Waals surface area (Å²) in [7, 11) is 0. The number of rotatable bonds is 3. The van der Waals surface area contributed by atoms with Crippen LogP contribution < -0.4 is 4.90 Å². The van der Waals surface area contributed by atoms with E-state index in [4.69, 9.17) is 0 Å². The fourth-order valence-electron chi connectivity index (χ4n) is 3.90. The van der Waals surface area contributed by atoms with Crippen molar-refractivity contribution in [2.24, 2.45) is 5.41 Å². The van der Waals surface area contributed by atoms with Crippen LogP contribution in [0.3, 0.4) is 0 Å². The molecule has 4 nitrogen and oxygen atoms in total. The number of aromatic nitrogens is 2. The summed E-state index contributed by atoms with van der Waals surface area (Å²) in [5.41, 5.74) is 1.48. The van der Waals surface area contributed by atoms with Crippen LogP contribution in [-0.4, -0.2) is 47.3 Å². The lowest BCUT2D eigenvalue weighted by Crippen LogP contribution is -2.46. The van der Waals surface area contributed by atoms with Crippen molar-refractivity contribution in [3.8, 4) is 0 Å². The van der Waals surface area contributed by atoms with E-state index in [-0.39, 0.29) is 0 Å². The standard InChI is InChI=1S/C17H28N4/c1-4-15(3)20-11-9-17(12-20)8-5-10-21(13-17)16-7-6-14(2)18-19-16/h6-7,15H,4-5,8-13H2,1-3H3/t15-,17+/m1/s1. The van der Waals surface area contributed by atoms with Crippen LogP contribution in [0, 0.1) is 12.3 Å². The minimum Gasteiger partial charge on any atom is -0.355 e. The Morgan fingerprint density at radius 3 is 2.76 bits per heavy atom. The maximum absolute atomic E-state index is 4.39. The fraction of sp³-hybridized carbons (Fsp3) is 0.765. The molecule has 0 N–H and O–H groups in total. The lowest BCUT2D eigenvalue weighted by molar-refractivity contribution is 0.188. The summed E-state index contributed by atoms with van der Waals surface area (Å²) < 4.78 is 0. The average Bonchev–Trinajstić information content (AvgIpc) is 2.91. The highest BCUT2D eigenvalue weighted by atomic mass is 15.3. The maximum Gasteiger partial charge on any atom is 0.151 e. The smallest absolute Gasteiger partial charge is 0.151 e. The van der Waals surface area contributed by atoms with Gasteiger partial charge in [-0.2, -0.15) is 5.10 Å². The molecule has 116 valence electrons. The predicted octanol–water partition coefficient (Wildman–Crippen LogP) is 2.88. The maximum atomic E-state index is 4.39. The van der Waals surface area contributed by atoms with E-state index >= 15 is 0 Å². The van der Waals surface area contributed by atoms with Gasteiger partial charge in [-0.15, -0.1) is 5.10 Å². The average molecular weight is 288 g/mol. The molecule has 4 heteroatoms. The van der Waals surface area contributed by atoms with E-state index in [1.807, 2.05) is 6.92 Å². The Morgan fingerprint density at radius 1 is 1.19 bits per heavy atom. The SMILES string of the molecule is CC[C@@H](C)N1CC[C@@]2(CCCN(c3ccc(C)nn3)C2)C1. The van der Waals surface area contributed by atoms with E-state index in [0.717, 1.165) is 30.6 Å². The quantitative estimate of drug-likeness (QED) is 0.856. The van der Waals surface area contributed by atoms with Gasteiger partial charge in [0.1, 0.15) is 0 Å². The Morgan fingerprint density at radius 2 is 2.05 bits per heavy atom. The van der Waals surface area contributed by atoms with E-state index in [0.29, 0.717) is 5.41 Å². The van der Waals surface area contributed by atoms with Crippen molar-refractivity contribution in [3.05, 3.63) is 17.8 Å². The molecule has 0 saturated carbocycles. The Hall–Kier alpha value is -1.16. The molecular weight excluding hydrogens is 260 g/mol. The van der Waals surface area contributed by atoms with Crippen molar-refractivity contribution >= 4 is 5.82 Å². The van der Waals surface area contributed by atoms with Gasteiger partial charge in [0.25, 0.3) is 0 Å².